The van der Waals surface area contributed by atoms with Crippen LogP contribution >= 0.6 is 0 Å². The molecule has 1 aromatic carbocycles. The van der Waals surface area contributed by atoms with E-state index in [1.54, 1.807) is 19.1 Å². The van der Waals surface area contributed by atoms with Crippen molar-refractivity contribution >= 4 is 0 Å². The Bertz CT molecular complexity index is 508. The topological polar surface area (TPSA) is 55.6 Å². The maximum atomic E-state index is 13.5. The molecule has 0 amide bonds. The van der Waals surface area contributed by atoms with Gasteiger partial charge in [-0.05, 0) is 41.6 Å². The SMILES string of the molecule is CCNCc1nnnn1-c1ccc(C)c(F)c1. The standard InChI is InChI=1S/C11H14FN5/c1-3-13-7-11-14-15-16-17(11)9-5-4-8(2)10(12)6-9/h4-6,13H,3,7H2,1-2H3. The number of hydrogen-bond acceptors (Lipinski definition) is 4. The Morgan fingerprint density at radius 3 is 2.94 bits per heavy atom. The predicted molar refractivity (Wildman–Crippen MR) is 61.2 cm³/mol. The number of tetrazole rings is 1. The smallest absolute Gasteiger partial charge is 0.170 e. The average Bonchev–Trinajstić information content (AvgIpc) is 2.78. The molecule has 0 spiro atoms. The molecule has 1 aromatic heterocycles. The normalized spacial score (nSPS) is 10.8. The quantitative estimate of drug-likeness (QED) is 0.865. The van der Waals surface area contributed by atoms with Crippen LogP contribution in [0.25, 0.3) is 5.69 Å². The first-order valence-corrected chi connectivity index (χ1v) is 5.47. The monoisotopic (exact) mass is 235 g/mol. The third-order valence-electron chi connectivity index (χ3n) is 2.47. The lowest BCUT2D eigenvalue weighted by atomic mass is 10.2. The first-order valence-electron chi connectivity index (χ1n) is 5.47. The minimum Gasteiger partial charge on any atom is -0.310 e. The van der Waals surface area contributed by atoms with E-state index in [-0.39, 0.29) is 5.82 Å². The maximum Gasteiger partial charge on any atom is 0.170 e. The molecule has 2 aromatic rings. The fourth-order valence-corrected chi connectivity index (χ4v) is 1.47. The number of aromatic nitrogens is 4. The number of hydrogen-bond donors (Lipinski definition) is 1. The maximum absolute atomic E-state index is 13.5. The fourth-order valence-electron chi connectivity index (χ4n) is 1.47. The van der Waals surface area contributed by atoms with Crippen LogP contribution in [0.3, 0.4) is 0 Å². The molecule has 90 valence electrons. The highest BCUT2D eigenvalue weighted by atomic mass is 19.1. The van der Waals surface area contributed by atoms with E-state index in [1.807, 2.05) is 6.92 Å². The fraction of sp³-hybridized carbons (Fsp3) is 0.364. The number of nitrogens with one attached hydrogen (secondary N) is 1. The van der Waals surface area contributed by atoms with E-state index in [0.717, 1.165) is 6.54 Å². The lowest BCUT2D eigenvalue weighted by Crippen LogP contribution is -2.16. The van der Waals surface area contributed by atoms with E-state index in [4.69, 9.17) is 0 Å². The largest absolute Gasteiger partial charge is 0.310 e. The average molecular weight is 235 g/mol. The van der Waals surface area contributed by atoms with Crippen LogP contribution in [0.4, 0.5) is 4.39 Å². The molecule has 0 aliphatic carbocycles. The summed E-state index contributed by atoms with van der Waals surface area (Å²) in [5.41, 5.74) is 1.24. The van der Waals surface area contributed by atoms with Gasteiger partial charge in [0.25, 0.3) is 0 Å². The molecule has 0 atom stereocenters. The summed E-state index contributed by atoms with van der Waals surface area (Å²) in [6, 6.07) is 4.94. The molecule has 1 heterocycles. The van der Waals surface area contributed by atoms with Crippen LogP contribution in [-0.4, -0.2) is 26.8 Å². The van der Waals surface area contributed by atoms with Gasteiger partial charge in [0.2, 0.25) is 0 Å². The van der Waals surface area contributed by atoms with Gasteiger partial charge in [-0.25, -0.2) is 4.39 Å². The zero-order valence-corrected chi connectivity index (χ0v) is 9.81. The van der Waals surface area contributed by atoms with E-state index in [9.17, 15) is 4.39 Å². The molecule has 0 saturated carbocycles. The predicted octanol–water partition coefficient (Wildman–Crippen LogP) is 1.22. The number of nitrogens with zero attached hydrogens (tertiary/aromatic N) is 4. The summed E-state index contributed by atoms with van der Waals surface area (Å²) in [7, 11) is 0. The second-order valence-corrected chi connectivity index (χ2v) is 3.72. The van der Waals surface area contributed by atoms with Crippen molar-refractivity contribution in [1.82, 2.24) is 25.5 Å². The summed E-state index contributed by atoms with van der Waals surface area (Å²) in [6.45, 7) is 5.10. The molecule has 0 aliphatic rings. The lowest BCUT2D eigenvalue weighted by molar-refractivity contribution is 0.612. The highest BCUT2D eigenvalue weighted by molar-refractivity contribution is 5.34. The highest BCUT2D eigenvalue weighted by Gasteiger charge is 2.08. The Balaban J connectivity index is 2.32. The lowest BCUT2D eigenvalue weighted by Gasteiger charge is -2.05. The molecule has 0 radical (unpaired) electrons. The third-order valence-corrected chi connectivity index (χ3v) is 2.47. The van der Waals surface area contributed by atoms with Crippen LogP contribution in [0.2, 0.25) is 0 Å². The van der Waals surface area contributed by atoms with Crippen molar-refractivity contribution in [2.24, 2.45) is 0 Å². The van der Waals surface area contributed by atoms with Crippen molar-refractivity contribution in [1.29, 1.82) is 0 Å². The second kappa shape index (κ2) is 5.01. The van der Waals surface area contributed by atoms with Crippen molar-refractivity contribution < 1.29 is 4.39 Å². The molecule has 0 fully saturated rings. The zero-order valence-electron chi connectivity index (χ0n) is 9.81. The van der Waals surface area contributed by atoms with Crippen LogP contribution in [0, 0.1) is 12.7 Å². The summed E-state index contributed by atoms with van der Waals surface area (Å²) < 4.78 is 15.0. The molecule has 0 saturated heterocycles. The number of halogens is 1. The molecule has 5 nitrogen and oxygen atoms in total. The number of aryl methyl sites for hydroxylation is 1. The first-order chi connectivity index (χ1) is 8.22. The minimum absolute atomic E-state index is 0.257. The molecule has 17 heavy (non-hydrogen) atoms. The van der Waals surface area contributed by atoms with Gasteiger partial charge in [-0.1, -0.05) is 13.0 Å². The summed E-state index contributed by atoms with van der Waals surface area (Å²) in [5.74, 6) is 0.405. The van der Waals surface area contributed by atoms with Gasteiger partial charge in [0.15, 0.2) is 5.82 Å². The second-order valence-electron chi connectivity index (χ2n) is 3.72. The van der Waals surface area contributed by atoms with E-state index in [1.165, 1.54) is 10.7 Å². The molecule has 1 N–H and O–H groups in total. The molecule has 0 bridgehead atoms. The first kappa shape index (κ1) is 11.7. The van der Waals surface area contributed by atoms with Crippen LogP contribution in [-0.2, 0) is 6.54 Å². The summed E-state index contributed by atoms with van der Waals surface area (Å²) in [4.78, 5) is 0. The van der Waals surface area contributed by atoms with Crippen LogP contribution < -0.4 is 5.32 Å². The highest BCUT2D eigenvalue weighted by Crippen LogP contribution is 2.13. The van der Waals surface area contributed by atoms with Gasteiger partial charge in [-0.15, -0.1) is 5.10 Å². The molecule has 2 rings (SSSR count). The Kier molecular flexibility index (Phi) is 3.43. The van der Waals surface area contributed by atoms with Crippen molar-refractivity contribution in [2.75, 3.05) is 6.54 Å². The summed E-state index contributed by atoms with van der Waals surface area (Å²) >= 11 is 0. The Morgan fingerprint density at radius 2 is 2.24 bits per heavy atom. The zero-order chi connectivity index (χ0) is 12.3. The minimum atomic E-state index is -0.257. The van der Waals surface area contributed by atoms with Crippen LogP contribution in [0.15, 0.2) is 18.2 Å². The van der Waals surface area contributed by atoms with E-state index < -0.39 is 0 Å². The van der Waals surface area contributed by atoms with Crippen LogP contribution in [0.1, 0.15) is 18.3 Å². The molecule has 6 heteroatoms. The van der Waals surface area contributed by atoms with Gasteiger partial charge in [0, 0.05) is 0 Å². The van der Waals surface area contributed by atoms with E-state index in [0.29, 0.717) is 23.6 Å². The van der Waals surface area contributed by atoms with Crippen molar-refractivity contribution in [2.45, 2.75) is 20.4 Å². The van der Waals surface area contributed by atoms with Crippen molar-refractivity contribution in [3.63, 3.8) is 0 Å². The van der Waals surface area contributed by atoms with E-state index in [2.05, 4.69) is 20.8 Å². The van der Waals surface area contributed by atoms with Crippen molar-refractivity contribution in [3.8, 4) is 5.69 Å². The van der Waals surface area contributed by atoms with Crippen molar-refractivity contribution in [3.05, 3.63) is 35.4 Å². The third kappa shape index (κ3) is 2.47. The van der Waals surface area contributed by atoms with Gasteiger partial charge in [-0.2, -0.15) is 4.68 Å². The number of rotatable bonds is 4. The Hall–Kier alpha value is -1.82. The number of benzene rings is 1. The Labute approximate surface area is 98.6 Å². The van der Waals surface area contributed by atoms with Gasteiger partial charge < -0.3 is 5.32 Å². The summed E-state index contributed by atoms with van der Waals surface area (Å²) in [6.07, 6.45) is 0. The molecule has 0 unspecified atom stereocenters. The van der Waals surface area contributed by atoms with Gasteiger partial charge in [-0.3, -0.25) is 0 Å². The summed E-state index contributed by atoms with van der Waals surface area (Å²) in [5, 5.41) is 14.5. The molecular formula is C11H14FN5. The molecular weight excluding hydrogens is 221 g/mol. The van der Waals surface area contributed by atoms with Gasteiger partial charge in [0.05, 0.1) is 12.2 Å². The van der Waals surface area contributed by atoms with Crippen LogP contribution in [0.5, 0.6) is 0 Å². The van der Waals surface area contributed by atoms with E-state index >= 15 is 0 Å². The van der Waals surface area contributed by atoms with Gasteiger partial charge >= 0.3 is 0 Å². The molecule has 0 aliphatic heterocycles. The van der Waals surface area contributed by atoms with Gasteiger partial charge in [0.1, 0.15) is 5.82 Å². The Morgan fingerprint density at radius 1 is 1.41 bits per heavy atom.